The Morgan fingerprint density at radius 2 is 2.05 bits per heavy atom. The van der Waals surface area contributed by atoms with Crippen molar-refractivity contribution >= 4 is 0 Å². The van der Waals surface area contributed by atoms with Gasteiger partial charge in [-0.15, -0.1) is 0 Å². The summed E-state index contributed by atoms with van der Waals surface area (Å²) in [5.41, 5.74) is 3.51. The minimum absolute atomic E-state index is 0.538. The van der Waals surface area contributed by atoms with Crippen LogP contribution >= 0.6 is 0 Å². The summed E-state index contributed by atoms with van der Waals surface area (Å²) in [5.74, 6) is 2.44. The van der Waals surface area contributed by atoms with Gasteiger partial charge in [0, 0.05) is 12.5 Å². The average molecular weight is 271 g/mol. The number of piperidine rings is 1. The number of nitrogens with one attached hydrogen (secondary N) is 1. The Bertz CT molecular complexity index is 463. The Labute approximate surface area is 124 Å². The van der Waals surface area contributed by atoms with Crippen LogP contribution in [0.25, 0.3) is 0 Å². The fraction of sp³-hybridized carbons (Fsp3) is 0.684. The van der Waals surface area contributed by atoms with Crippen molar-refractivity contribution in [3.63, 3.8) is 0 Å². The molecule has 0 aromatic heterocycles. The standard InChI is InChI=1S/C19H29N/c1-14-6-4-8-17(12-14)18-13-20-11-10-19(18)9-5-7-15(2)16(19)3/h4,6,8,12,15-16,18,20H,5,7,9-11,13H2,1-3H3. The van der Waals surface area contributed by atoms with E-state index >= 15 is 0 Å². The molecule has 1 aliphatic carbocycles. The van der Waals surface area contributed by atoms with Gasteiger partial charge < -0.3 is 5.32 Å². The van der Waals surface area contributed by atoms with Crippen molar-refractivity contribution in [3.05, 3.63) is 35.4 Å². The van der Waals surface area contributed by atoms with Crippen LogP contribution in [0.15, 0.2) is 24.3 Å². The topological polar surface area (TPSA) is 12.0 Å². The van der Waals surface area contributed by atoms with Crippen LogP contribution in [0.4, 0.5) is 0 Å². The Morgan fingerprint density at radius 3 is 2.85 bits per heavy atom. The molecule has 1 saturated carbocycles. The molecule has 3 rings (SSSR count). The highest BCUT2D eigenvalue weighted by atomic mass is 14.9. The number of hydrogen-bond donors (Lipinski definition) is 1. The molecule has 1 N–H and O–H groups in total. The summed E-state index contributed by atoms with van der Waals surface area (Å²) in [6.45, 7) is 9.60. The van der Waals surface area contributed by atoms with Crippen molar-refractivity contribution in [2.24, 2.45) is 17.3 Å². The van der Waals surface area contributed by atoms with Gasteiger partial charge in [-0.25, -0.2) is 0 Å². The van der Waals surface area contributed by atoms with Crippen LogP contribution in [0.5, 0.6) is 0 Å². The van der Waals surface area contributed by atoms with E-state index < -0.39 is 0 Å². The fourth-order valence-corrected chi connectivity index (χ4v) is 4.92. The summed E-state index contributed by atoms with van der Waals surface area (Å²) < 4.78 is 0. The molecule has 4 unspecified atom stereocenters. The van der Waals surface area contributed by atoms with Gasteiger partial charge in [-0.05, 0) is 49.1 Å². The van der Waals surface area contributed by atoms with E-state index in [4.69, 9.17) is 0 Å². The molecule has 0 bridgehead atoms. The minimum Gasteiger partial charge on any atom is -0.316 e. The van der Waals surface area contributed by atoms with Crippen LogP contribution in [-0.2, 0) is 0 Å². The maximum atomic E-state index is 3.66. The zero-order valence-corrected chi connectivity index (χ0v) is 13.3. The molecular weight excluding hydrogens is 242 g/mol. The minimum atomic E-state index is 0.538. The first-order valence-electron chi connectivity index (χ1n) is 8.41. The Morgan fingerprint density at radius 1 is 1.20 bits per heavy atom. The van der Waals surface area contributed by atoms with Crippen LogP contribution in [0.2, 0.25) is 0 Å². The molecule has 1 spiro atoms. The molecule has 4 atom stereocenters. The summed E-state index contributed by atoms with van der Waals surface area (Å²) in [6, 6.07) is 9.24. The van der Waals surface area contributed by atoms with Crippen molar-refractivity contribution in [2.45, 2.75) is 52.4 Å². The van der Waals surface area contributed by atoms with E-state index in [1.807, 2.05) is 0 Å². The molecule has 1 heterocycles. The number of aryl methyl sites for hydroxylation is 1. The first-order valence-corrected chi connectivity index (χ1v) is 8.41. The van der Waals surface area contributed by atoms with E-state index in [9.17, 15) is 0 Å². The summed E-state index contributed by atoms with van der Waals surface area (Å²) in [5, 5.41) is 3.66. The molecular formula is C19H29N. The van der Waals surface area contributed by atoms with Gasteiger partial charge in [0.2, 0.25) is 0 Å². The van der Waals surface area contributed by atoms with Gasteiger partial charge in [0.05, 0.1) is 0 Å². The van der Waals surface area contributed by atoms with Gasteiger partial charge in [-0.2, -0.15) is 0 Å². The number of hydrogen-bond acceptors (Lipinski definition) is 1. The first-order chi connectivity index (χ1) is 9.63. The van der Waals surface area contributed by atoms with Crippen molar-refractivity contribution < 1.29 is 0 Å². The molecule has 110 valence electrons. The maximum Gasteiger partial charge on any atom is 0.00256 e. The van der Waals surface area contributed by atoms with E-state index in [1.165, 1.54) is 44.3 Å². The van der Waals surface area contributed by atoms with Crippen molar-refractivity contribution in [3.8, 4) is 0 Å². The van der Waals surface area contributed by atoms with E-state index in [0.717, 1.165) is 11.8 Å². The Hall–Kier alpha value is -0.820. The van der Waals surface area contributed by atoms with Crippen LogP contribution in [-0.4, -0.2) is 13.1 Å². The van der Waals surface area contributed by atoms with E-state index in [0.29, 0.717) is 11.3 Å². The molecule has 1 heteroatoms. The summed E-state index contributed by atoms with van der Waals surface area (Å²) in [6.07, 6.45) is 5.64. The molecule has 20 heavy (non-hydrogen) atoms. The molecule has 1 nitrogen and oxygen atoms in total. The van der Waals surface area contributed by atoms with Crippen LogP contribution in [0, 0.1) is 24.2 Å². The van der Waals surface area contributed by atoms with E-state index in [1.54, 1.807) is 5.56 Å². The summed E-state index contributed by atoms with van der Waals surface area (Å²) in [7, 11) is 0. The summed E-state index contributed by atoms with van der Waals surface area (Å²) >= 11 is 0. The molecule has 2 fully saturated rings. The Balaban J connectivity index is 1.98. The van der Waals surface area contributed by atoms with Crippen LogP contribution in [0.1, 0.15) is 56.6 Å². The van der Waals surface area contributed by atoms with Gasteiger partial charge in [0.15, 0.2) is 0 Å². The van der Waals surface area contributed by atoms with Gasteiger partial charge in [0.1, 0.15) is 0 Å². The van der Waals surface area contributed by atoms with Crippen molar-refractivity contribution in [1.82, 2.24) is 5.32 Å². The number of rotatable bonds is 1. The molecule has 0 amide bonds. The second-order valence-electron chi connectivity index (χ2n) is 7.31. The number of benzene rings is 1. The second kappa shape index (κ2) is 5.52. The van der Waals surface area contributed by atoms with Crippen LogP contribution in [0.3, 0.4) is 0 Å². The fourth-order valence-electron chi connectivity index (χ4n) is 4.92. The predicted octanol–water partition coefficient (Wildman–Crippen LogP) is 4.51. The monoisotopic (exact) mass is 271 g/mol. The highest BCUT2D eigenvalue weighted by molar-refractivity contribution is 5.29. The SMILES string of the molecule is Cc1cccc(C2CNCCC23CCCC(C)C3C)c1. The summed E-state index contributed by atoms with van der Waals surface area (Å²) in [4.78, 5) is 0. The third-order valence-electron chi connectivity index (χ3n) is 6.32. The largest absolute Gasteiger partial charge is 0.316 e. The third-order valence-corrected chi connectivity index (χ3v) is 6.32. The van der Waals surface area contributed by atoms with E-state index in [2.05, 4.69) is 50.4 Å². The van der Waals surface area contributed by atoms with Gasteiger partial charge in [-0.1, -0.05) is 56.5 Å². The quantitative estimate of drug-likeness (QED) is 0.792. The lowest BCUT2D eigenvalue weighted by molar-refractivity contribution is 0.00901. The van der Waals surface area contributed by atoms with E-state index in [-0.39, 0.29) is 0 Å². The molecule has 1 aliphatic heterocycles. The normalized spacial score (nSPS) is 38.0. The van der Waals surface area contributed by atoms with Gasteiger partial charge >= 0.3 is 0 Å². The molecule has 0 radical (unpaired) electrons. The lowest BCUT2D eigenvalue weighted by Crippen LogP contribution is -2.50. The maximum absolute atomic E-state index is 3.66. The van der Waals surface area contributed by atoms with Gasteiger partial charge in [0.25, 0.3) is 0 Å². The zero-order valence-electron chi connectivity index (χ0n) is 13.3. The van der Waals surface area contributed by atoms with Crippen LogP contribution < -0.4 is 5.32 Å². The zero-order chi connectivity index (χ0) is 14.2. The molecule has 1 saturated heterocycles. The smallest absolute Gasteiger partial charge is 0.00256 e. The first kappa shape index (κ1) is 14.1. The van der Waals surface area contributed by atoms with Crippen molar-refractivity contribution in [1.29, 1.82) is 0 Å². The average Bonchev–Trinajstić information content (AvgIpc) is 2.45. The van der Waals surface area contributed by atoms with Crippen molar-refractivity contribution in [2.75, 3.05) is 13.1 Å². The predicted molar refractivity (Wildman–Crippen MR) is 86.0 cm³/mol. The molecule has 2 aliphatic rings. The second-order valence-corrected chi connectivity index (χ2v) is 7.31. The van der Waals surface area contributed by atoms with Gasteiger partial charge in [-0.3, -0.25) is 0 Å². The Kier molecular flexibility index (Phi) is 3.90. The molecule has 1 aromatic rings. The highest BCUT2D eigenvalue weighted by Gasteiger charge is 2.48. The molecule has 1 aromatic carbocycles. The lowest BCUT2D eigenvalue weighted by Gasteiger charge is -2.53. The lowest BCUT2D eigenvalue weighted by atomic mass is 9.53. The highest BCUT2D eigenvalue weighted by Crippen LogP contribution is 2.55. The third kappa shape index (κ3) is 2.30.